The SMILES string of the molecule is COc1cc(/C=C2\C(=O)Nc3ccccc32)cc(Br)c1OCC(=O)Nc1ccc(Cl)c(Cl)c1. The Balaban J connectivity index is 1.52. The van der Waals surface area contributed by atoms with Crippen molar-refractivity contribution in [2.75, 3.05) is 24.4 Å². The summed E-state index contributed by atoms with van der Waals surface area (Å²) in [5, 5.41) is 6.27. The monoisotopic (exact) mass is 546 g/mol. The summed E-state index contributed by atoms with van der Waals surface area (Å²) in [6.07, 6.45) is 1.77. The number of halogens is 3. The summed E-state index contributed by atoms with van der Waals surface area (Å²) in [5.74, 6) is 0.212. The third-order valence-electron chi connectivity index (χ3n) is 4.82. The van der Waals surface area contributed by atoms with Gasteiger partial charge >= 0.3 is 0 Å². The van der Waals surface area contributed by atoms with Crippen molar-refractivity contribution < 1.29 is 19.1 Å². The lowest BCUT2D eigenvalue weighted by Gasteiger charge is -2.14. The van der Waals surface area contributed by atoms with Gasteiger partial charge in [0.2, 0.25) is 0 Å². The summed E-state index contributed by atoms with van der Waals surface area (Å²) < 4.78 is 11.7. The summed E-state index contributed by atoms with van der Waals surface area (Å²) in [6, 6.07) is 15.8. The van der Waals surface area contributed by atoms with E-state index in [4.69, 9.17) is 32.7 Å². The van der Waals surface area contributed by atoms with Gasteiger partial charge in [0.25, 0.3) is 11.8 Å². The standard InChI is InChI=1S/C24H17BrCl2N2O4/c1-32-21-10-13(8-16-15-4-2-3-5-20(15)29-24(16)31)9-17(25)23(21)33-12-22(30)28-14-6-7-18(26)19(27)11-14/h2-11H,12H2,1H3,(H,28,30)(H,29,31)/b16-8-. The molecule has 3 aromatic carbocycles. The maximum atomic E-state index is 12.4. The number of hydrogen-bond donors (Lipinski definition) is 2. The van der Waals surface area contributed by atoms with Crippen LogP contribution >= 0.6 is 39.1 Å². The van der Waals surface area contributed by atoms with E-state index in [1.807, 2.05) is 24.3 Å². The van der Waals surface area contributed by atoms with Crippen molar-refractivity contribution in [2.45, 2.75) is 0 Å². The molecular weight excluding hydrogens is 531 g/mol. The molecule has 0 bridgehead atoms. The number of anilines is 2. The first-order chi connectivity index (χ1) is 15.9. The van der Waals surface area contributed by atoms with Crippen molar-refractivity contribution in [2.24, 2.45) is 0 Å². The Morgan fingerprint density at radius 1 is 1.12 bits per heavy atom. The predicted octanol–water partition coefficient (Wildman–Crippen LogP) is 6.27. The van der Waals surface area contributed by atoms with E-state index in [9.17, 15) is 9.59 Å². The molecule has 1 aliphatic rings. The molecule has 0 fully saturated rings. The molecule has 168 valence electrons. The third-order valence-corrected chi connectivity index (χ3v) is 6.15. The highest BCUT2D eigenvalue weighted by atomic mass is 79.9. The van der Waals surface area contributed by atoms with E-state index in [0.29, 0.717) is 37.3 Å². The van der Waals surface area contributed by atoms with Crippen LogP contribution in [-0.4, -0.2) is 25.5 Å². The van der Waals surface area contributed by atoms with E-state index in [-0.39, 0.29) is 18.4 Å². The van der Waals surface area contributed by atoms with E-state index < -0.39 is 0 Å². The summed E-state index contributed by atoms with van der Waals surface area (Å²) in [7, 11) is 1.50. The molecule has 3 aromatic rings. The first kappa shape index (κ1) is 23.2. The van der Waals surface area contributed by atoms with Gasteiger partial charge in [0.05, 0.1) is 21.6 Å². The lowest BCUT2D eigenvalue weighted by atomic mass is 10.0. The maximum Gasteiger partial charge on any atom is 0.262 e. The van der Waals surface area contributed by atoms with Gasteiger partial charge in [-0.05, 0) is 64.0 Å². The molecule has 2 amide bonds. The molecule has 2 N–H and O–H groups in total. The largest absolute Gasteiger partial charge is 0.493 e. The molecule has 1 heterocycles. The fourth-order valence-electron chi connectivity index (χ4n) is 3.32. The fraction of sp³-hybridized carbons (Fsp3) is 0.0833. The lowest BCUT2D eigenvalue weighted by molar-refractivity contribution is -0.118. The number of benzene rings is 3. The molecule has 0 aromatic heterocycles. The van der Waals surface area contributed by atoms with Gasteiger partial charge in [-0.3, -0.25) is 9.59 Å². The number of methoxy groups -OCH3 is 1. The number of fused-ring (bicyclic) bond motifs is 1. The molecule has 0 radical (unpaired) electrons. The smallest absolute Gasteiger partial charge is 0.262 e. The molecule has 9 heteroatoms. The zero-order valence-electron chi connectivity index (χ0n) is 17.2. The van der Waals surface area contributed by atoms with Crippen LogP contribution in [0.25, 0.3) is 11.6 Å². The first-order valence-corrected chi connectivity index (χ1v) is 11.3. The van der Waals surface area contributed by atoms with E-state index >= 15 is 0 Å². The molecule has 1 aliphatic heterocycles. The van der Waals surface area contributed by atoms with Gasteiger partial charge in [-0.2, -0.15) is 0 Å². The van der Waals surface area contributed by atoms with Crippen LogP contribution in [0.3, 0.4) is 0 Å². The Kier molecular flexibility index (Phi) is 6.93. The second kappa shape index (κ2) is 9.87. The number of nitrogens with one attached hydrogen (secondary N) is 2. The van der Waals surface area contributed by atoms with Crippen LogP contribution in [0, 0.1) is 0 Å². The van der Waals surface area contributed by atoms with Crippen molar-refractivity contribution in [1.82, 2.24) is 0 Å². The fourth-order valence-corrected chi connectivity index (χ4v) is 4.19. The predicted molar refractivity (Wildman–Crippen MR) is 134 cm³/mol. The zero-order valence-corrected chi connectivity index (χ0v) is 20.3. The van der Waals surface area contributed by atoms with Crippen LogP contribution in [0.15, 0.2) is 59.1 Å². The molecule has 0 atom stereocenters. The van der Waals surface area contributed by atoms with Gasteiger partial charge in [-0.1, -0.05) is 41.4 Å². The Hall–Kier alpha value is -3.00. The molecule has 6 nitrogen and oxygen atoms in total. The number of amides is 2. The van der Waals surface area contributed by atoms with Gasteiger partial charge in [-0.15, -0.1) is 0 Å². The minimum Gasteiger partial charge on any atom is -0.493 e. The molecule has 33 heavy (non-hydrogen) atoms. The van der Waals surface area contributed by atoms with Crippen molar-refractivity contribution in [3.8, 4) is 11.5 Å². The first-order valence-electron chi connectivity index (χ1n) is 9.73. The van der Waals surface area contributed by atoms with Crippen molar-refractivity contribution >= 4 is 74.0 Å². The quantitative estimate of drug-likeness (QED) is 0.356. The maximum absolute atomic E-state index is 12.4. The van der Waals surface area contributed by atoms with Crippen LogP contribution < -0.4 is 20.1 Å². The van der Waals surface area contributed by atoms with E-state index in [1.165, 1.54) is 7.11 Å². The highest BCUT2D eigenvalue weighted by Crippen LogP contribution is 2.39. The Morgan fingerprint density at radius 2 is 1.91 bits per heavy atom. The van der Waals surface area contributed by atoms with Crippen LogP contribution in [-0.2, 0) is 9.59 Å². The molecule has 0 unspecified atom stereocenters. The minimum absolute atomic E-state index is 0.175. The van der Waals surface area contributed by atoms with Crippen LogP contribution in [0.1, 0.15) is 11.1 Å². The van der Waals surface area contributed by atoms with Crippen LogP contribution in [0.4, 0.5) is 11.4 Å². The number of carbonyl (C=O) groups excluding carboxylic acids is 2. The molecule has 0 saturated heterocycles. The molecule has 0 aliphatic carbocycles. The Labute approximate surface area is 208 Å². The Morgan fingerprint density at radius 3 is 2.67 bits per heavy atom. The third kappa shape index (κ3) is 5.16. The van der Waals surface area contributed by atoms with E-state index in [0.717, 1.165) is 16.8 Å². The molecule has 0 saturated carbocycles. The van der Waals surface area contributed by atoms with Crippen molar-refractivity contribution in [3.05, 3.63) is 80.2 Å². The van der Waals surface area contributed by atoms with E-state index in [2.05, 4.69) is 26.6 Å². The second-order valence-electron chi connectivity index (χ2n) is 7.06. The van der Waals surface area contributed by atoms with Crippen molar-refractivity contribution in [1.29, 1.82) is 0 Å². The number of ether oxygens (including phenoxy) is 2. The van der Waals surface area contributed by atoms with Gasteiger partial charge in [0.15, 0.2) is 18.1 Å². The number of hydrogen-bond acceptors (Lipinski definition) is 4. The van der Waals surface area contributed by atoms with Gasteiger partial charge in [0.1, 0.15) is 0 Å². The minimum atomic E-state index is -0.382. The van der Waals surface area contributed by atoms with Crippen LogP contribution in [0.5, 0.6) is 11.5 Å². The Bertz CT molecular complexity index is 1290. The summed E-state index contributed by atoms with van der Waals surface area (Å²) >= 11 is 15.3. The number of para-hydroxylation sites is 1. The molecule has 4 rings (SSSR count). The normalized spacial score (nSPS) is 13.5. The van der Waals surface area contributed by atoms with E-state index in [1.54, 1.807) is 36.4 Å². The van der Waals surface area contributed by atoms with Gasteiger partial charge < -0.3 is 20.1 Å². The van der Waals surface area contributed by atoms with Gasteiger partial charge in [0, 0.05) is 22.5 Å². The summed E-state index contributed by atoms with van der Waals surface area (Å²) in [4.78, 5) is 24.7. The lowest BCUT2D eigenvalue weighted by Crippen LogP contribution is -2.20. The number of rotatable bonds is 6. The molecular formula is C24H17BrCl2N2O4. The molecule has 0 spiro atoms. The van der Waals surface area contributed by atoms with Crippen molar-refractivity contribution in [3.63, 3.8) is 0 Å². The summed E-state index contributed by atoms with van der Waals surface area (Å²) in [6.45, 7) is -0.259. The average molecular weight is 548 g/mol. The highest BCUT2D eigenvalue weighted by Gasteiger charge is 2.24. The van der Waals surface area contributed by atoms with Crippen LogP contribution in [0.2, 0.25) is 10.0 Å². The second-order valence-corrected chi connectivity index (χ2v) is 8.73. The topological polar surface area (TPSA) is 76.7 Å². The van der Waals surface area contributed by atoms with Gasteiger partial charge in [-0.25, -0.2) is 0 Å². The zero-order chi connectivity index (χ0) is 23.5. The highest BCUT2D eigenvalue weighted by molar-refractivity contribution is 9.10. The average Bonchev–Trinajstić information content (AvgIpc) is 3.10. The summed E-state index contributed by atoms with van der Waals surface area (Å²) in [5.41, 5.74) is 3.38. The number of carbonyl (C=O) groups is 2.